The zero-order valence-corrected chi connectivity index (χ0v) is 15.1. The molecule has 1 atom stereocenters. The summed E-state index contributed by atoms with van der Waals surface area (Å²) in [5.41, 5.74) is 1.02. The van der Waals surface area contributed by atoms with Crippen LogP contribution in [-0.4, -0.2) is 47.4 Å². The maximum atomic E-state index is 13.1. The molecule has 23 heavy (non-hydrogen) atoms. The topological polar surface area (TPSA) is 57.3 Å². The summed E-state index contributed by atoms with van der Waals surface area (Å²) in [5, 5.41) is 5.73. The highest BCUT2D eigenvalue weighted by Gasteiger charge is 2.42. The Kier molecular flexibility index (Phi) is 7.15. The summed E-state index contributed by atoms with van der Waals surface area (Å²) in [7, 11) is 0. The first-order chi connectivity index (χ1) is 9.97. The van der Waals surface area contributed by atoms with E-state index in [1.165, 1.54) is 11.3 Å². The van der Waals surface area contributed by atoms with Crippen molar-refractivity contribution >= 4 is 47.2 Å². The van der Waals surface area contributed by atoms with E-state index in [2.05, 4.69) is 27.4 Å². The first-order valence-corrected chi connectivity index (χ1v) is 7.91. The number of alkyl halides is 2. The second-order valence-electron chi connectivity index (χ2n) is 5.49. The fourth-order valence-corrected chi connectivity index (χ4v) is 3.72. The number of thiazole rings is 1. The minimum atomic E-state index is -2.80. The number of nitrogens with zero attached hydrogens (tertiary/aromatic N) is 2. The van der Waals surface area contributed by atoms with E-state index in [9.17, 15) is 13.6 Å². The van der Waals surface area contributed by atoms with Crippen molar-refractivity contribution in [1.82, 2.24) is 15.2 Å². The van der Waals surface area contributed by atoms with Gasteiger partial charge < -0.3 is 5.32 Å². The minimum absolute atomic E-state index is 0. The zero-order chi connectivity index (χ0) is 15.0. The predicted molar refractivity (Wildman–Crippen MR) is 91.2 cm³/mol. The molecule has 5 nitrogen and oxygen atoms in total. The van der Waals surface area contributed by atoms with Crippen LogP contribution in [0.15, 0.2) is 0 Å². The molecule has 3 rings (SSSR count). The molecule has 3 heterocycles. The van der Waals surface area contributed by atoms with Gasteiger partial charge in [-0.05, 0) is 6.54 Å². The van der Waals surface area contributed by atoms with Crippen LogP contribution < -0.4 is 10.6 Å². The van der Waals surface area contributed by atoms with Crippen LogP contribution in [0, 0.1) is 0 Å². The van der Waals surface area contributed by atoms with Crippen molar-refractivity contribution in [3.8, 4) is 0 Å². The van der Waals surface area contributed by atoms with Crippen LogP contribution >= 0.6 is 36.2 Å². The third-order valence-corrected chi connectivity index (χ3v) is 4.91. The molecule has 1 unspecified atom stereocenters. The van der Waals surface area contributed by atoms with Crippen molar-refractivity contribution < 1.29 is 13.6 Å². The Hall–Kier alpha value is -0.540. The number of aromatic nitrogens is 1. The van der Waals surface area contributed by atoms with Gasteiger partial charge in [0.15, 0.2) is 5.13 Å². The number of rotatable bonds is 3. The Morgan fingerprint density at radius 3 is 2.87 bits per heavy atom. The summed E-state index contributed by atoms with van der Waals surface area (Å²) in [6.45, 7) is 4.47. The molecule has 0 aromatic carbocycles. The van der Waals surface area contributed by atoms with Gasteiger partial charge in [0.2, 0.25) is 5.91 Å². The van der Waals surface area contributed by atoms with Crippen LogP contribution in [0.4, 0.5) is 13.9 Å². The van der Waals surface area contributed by atoms with E-state index in [1.54, 1.807) is 0 Å². The number of anilines is 1. The lowest BCUT2D eigenvalue weighted by atomic mass is 10.2. The van der Waals surface area contributed by atoms with Gasteiger partial charge >= 0.3 is 0 Å². The predicted octanol–water partition coefficient (Wildman–Crippen LogP) is 2.30. The van der Waals surface area contributed by atoms with E-state index in [4.69, 9.17) is 0 Å². The third-order valence-electron chi connectivity index (χ3n) is 3.91. The summed E-state index contributed by atoms with van der Waals surface area (Å²) in [5.74, 6) is -3.23. The second-order valence-corrected chi connectivity index (χ2v) is 6.57. The summed E-state index contributed by atoms with van der Waals surface area (Å²) >= 11 is 1.44. The average Bonchev–Trinajstić information content (AvgIpc) is 3.00. The molecule has 0 radical (unpaired) electrons. The molecule has 10 heteroatoms. The molecular weight excluding hydrogens is 369 g/mol. The number of fused-ring (bicyclic) bond motifs is 1. The zero-order valence-electron chi connectivity index (χ0n) is 12.6. The smallest absolute Gasteiger partial charge is 0.262 e. The van der Waals surface area contributed by atoms with E-state index < -0.39 is 30.8 Å². The highest BCUT2D eigenvalue weighted by molar-refractivity contribution is 7.15. The van der Waals surface area contributed by atoms with Crippen LogP contribution in [0.5, 0.6) is 0 Å². The number of carbonyl (C=O) groups is 1. The van der Waals surface area contributed by atoms with E-state index in [-0.39, 0.29) is 24.8 Å². The lowest BCUT2D eigenvalue weighted by Gasteiger charge is -2.23. The van der Waals surface area contributed by atoms with Gasteiger partial charge in [0, 0.05) is 30.8 Å². The molecule has 2 N–H and O–H groups in total. The molecule has 1 aromatic heterocycles. The number of hydrogen-bond acceptors (Lipinski definition) is 5. The van der Waals surface area contributed by atoms with E-state index in [1.807, 2.05) is 0 Å². The van der Waals surface area contributed by atoms with Crippen LogP contribution in [0.2, 0.25) is 0 Å². The molecule has 2 aliphatic heterocycles. The highest BCUT2D eigenvalue weighted by Crippen LogP contribution is 2.29. The summed E-state index contributed by atoms with van der Waals surface area (Å²) < 4.78 is 26.2. The SMILES string of the molecule is CCN1CCc2nc(NC(=O)C3CC(F)(F)CN3)sc2C1.Cl.Cl. The maximum absolute atomic E-state index is 13.1. The summed E-state index contributed by atoms with van der Waals surface area (Å²) in [6, 6.07) is -0.840. The van der Waals surface area contributed by atoms with Gasteiger partial charge in [0.1, 0.15) is 0 Å². The number of hydrogen-bond donors (Lipinski definition) is 2. The van der Waals surface area contributed by atoms with Crippen LogP contribution in [-0.2, 0) is 17.8 Å². The average molecular weight is 389 g/mol. The normalized spacial score (nSPS) is 22.7. The van der Waals surface area contributed by atoms with Crippen molar-refractivity contribution in [2.45, 2.75) is 38.3 Å². The third kappa shape index (κ3) is 4.73. The number of amides is 1. The van der Waals surface area contributed by atoms with Crippen molar-refractivity contribution in [1.29, 1.82) is 0 Å². The fraction of sp³-hybridized carbons (Fsp3) is 0.692. The Balaban J connectivity index is 0.00000132. The largest absolute Gasteiger partial charge is 0.301 e. The van der Waals surface area contributed by atoms with E-state index >= 15 is 0 Å². The maximum Gasteiger partial charge on any atom is 0.262 e. The molecule has 2 aliphatic rings. The Morgan fingerprint density at radius 1 is 1.52 bits per heavy atom. The van der Waals surface area contributed by atoms with Crippen LogP contribution in [0.25, 0.3) is 0 Å². The molecular formula is C13H20Cl2F2N4OS. The standard InChI is InChI=1S/C13H18F2N4OS.2ClH/c1-2-19-4-3-8-10(6-19)21-12(17-8)18-11(20)9-5-13(14,15)7-16-9;;/h9,16H,2-7H2,1H3,(H,17,18,20);2*1H. The molecule has 132 valence electrons. The van der Waals surface area contributed by atoms with Gasteiger partial charge in [0.25, 0.3) is 5.92 Å². The van der Waals surface area contributed by atoms with E-state index in [0.29, 0.717) is 5.13 Å². The molecule has 0 spiro atoms. The van der Waals surface area contributed by atoms with Crippen molar-refractivity contribution in [3.63, 3.8) is 0 Å². The number of nitrogens with one attached hydrogen (secondary N) is 2. The molecule has 0 aliphatic carbocycles. The van der Waals surface area contributed by atoms with Gasteiger partial charge in [-0.15, -0.1) is 36.2 Å². The van der Waals surface area contributed by atoms with Gasteiger partial charge in [-0.25, -0.2) is 13.8 Å². The van der Waals surface area contributed by atoms with Gasteiger partial charge in [-0.1, -0.05) is 6.92 Å². The van der Waals surface area contributed by atoms with Crippen molar-refractivity contribution in [2.75, 3.05) is 25.0 Å². The van der Waals surface area contributed by atoms with Crippen molar-refractivity contribution in [3.05, 3.63) is 10.6 Å². The molecule has 1 amide bonds. The molecule has 0 bridgehead atoms. The first-order valence-electron chi connectivity index (χ1n) is 7.10. The van der Waals surface area contributed by atoms with E-state index in [0.717, 1.165) is 36.6 Å². The van der Waals surface area contributed by atoms with Crippen molar-refractivity contribution in [2.24, 2.45) is 0 Å². The Labute approximate surface area is 150 Å². The summed E-state index contributed by atoms with van der Waals surface area (Å²) in [4.78, 5) is 19.9. The first kappa shape index (κ1) is 20.5. The van der Waals surface area contributed by atoms with Gasteiger partial charge in [-0.2, -0.15) is 0 Å². The lowest BCUT2D eigenvalue weighted by Crippen LogP contribution is -2.35. The lowest BCUT2D eigenvalue weighted by molar-refractivity contribution is -0.118. The fourth-order valence-electron chi connectivity index (χ4n) is 2.67. The van der Waals surface area contributed by atoms with Gasteiger partial charge in [-0.3, -0.25) is 15.0 Å². The van der Waals surface area contributed by atoms with Crippen LogP contribution in [0.1, 0.15) is 23.9 Å². The monoisotopic (exact) mass is 388 g/mol. The number of halogens is 4. The molecule has 0 saturated carbocycles. The molecule has 1 aromatic rings. The second kappa shape index (κ2) is 8.02. The number of carbonyl (C=O) groups excluding carboxylic acids is 1. The molecule has 1 saturated heterocycles. The summed E-state index contributed by atoms with van der Waals surface area (Å²) in [6.07, 6.45) is 0.419. The number of likely N-dealkylation sites (N-methyl/N-ethyl adjacent to an activating group) is 1. The van der Waals surface area contributed by atoms with Crippen LogP contribution in [0.3, 0.4) is 0 Å². The molecule has 1 fully saturated rings. The minimum Gasteiger partial charge on any atom is -0.301 e. The highest BCUT2D eigenvalue weighted by atomic mass is 35.5. The quantitative estimate of drug-likeness (QED) is 0.833. The Morgan fingerprint density at radius 2 is 2.26 bits per heavy atom. The Bertz CT molecular complexity index is 558. The van der Waals surface area contributed by atoms with Gasteiger partial charge in [0.05, 0.1) is 18.3 Å².